The molecule has 0 bridgehead atoms. The maximum atomic E-state index is 12.1. The van der Waals surface area contributed by atoms with Gasteiger partial charge in [0.15, 0.2) is 0 Å². The molecule has 2 atom stereocenters. The number of nitrogens with zero attached hydrogens (tertiary/aromatic N) is 1. The standard InChI is InChI=1S/C14H16ClN3O2/c1-2-5-10(16)12-17-13(19)11(14(20)18-12)8-6-3-4-7-9(8)15/h3-4,6-7,10-11H,2,5,16H2,1H3,(H,17,18,19,20). The van der Waals surface area contributed by atoms with Gasteiger partial charge in [-0.25, -0.2) is 0 Å². The summed E-state index contributed by atoms with van der Waals surface area (Å²) in [4.78, 5) is 28.2. The van der Waals surface area contributed by atoms with E-state index in [1.807, 2.05) is 6.92 Å². The summed E-state index contributed by atoms with van der Waals surface area (Å²) in [5.41, 5.74) is 6.34. The third kappa shape index (κ3) is 2.89. The van der Waals surface area contributed by atoms with Crippen molar-refractivity contribution in [3.8, 4) is 0 Å². The Morgan fingerprint density at radius 1 is 1.40 bits per heavy atom. The number of aliphatic imine (C=N–C) groups is 1. The number of hydrogen-bond acceptors (Lipinski definition) is 3. The number of carbonyl (C=O) groups is 2. The summed E-state index contributed by atoms with van der Waals surface area (Å²) in [6.07, 6.45) is 1.50. The molecule has 1 heterocycles. The third-order valence-electron chi connectivity index (χ3n) is 3.16. The van der Waals surface area contributed by atoms with Crippen molar-refractivity contribution in [1.82, 2.24) is 5.32 Å². The van der Waals surface area contributed by atoms with Crippen LogP contribution in [0.4, 0.5) is 0 Å². The monoisotopic (exact) mass is 293 g/mol. The first-order valence-electron chi connectivity index (χ1n) is 6.48. The number of nitrogens with two attached hydrogens (primary N) is 1. The first-order chi connectivity index (χ1) is 9.54. The van der Waals surface area contributed by atoms with Gasteiger partial charge >= 0.3 is 0 Å². The highest BCUT2D eigenvalue weighted by Crippen LogP contribution is 2.27. The van der Waals surface area contributed by atoms with E-state index in [2.05, 4.69) is 10.3 Å². The SMILES string of the molecule is CCCC(N)C1=NC(=O)C(c2ccccc2Cl)C(=O)N1. The molecule has 20 heavy (non-hydrogen) atoms. The number of rotatable bonds is 4. The lowest BCUT2D eigenvalue weighted by molar-refractivity contribution is -0.129. The van der Waals surface area contributed by atoms with Crippen molar-refractivity contribution < 1.29 is 9.59 Å². The van der Waals surface area contributed by atoms with Gasteiger partial charge in [0.05, 0.1) is 6.04 Å². The number of benzene rings is 1. The van der Waals surface area contributed by atoms with Crippen LogP contribution in [0.1, 0.15) is 31.2 Å². The molecule has 0 fully saturated rings. The van der Waals surface area contributed by atoms with E-state index in [0.29, 0.717) is 17.0 Å². The number of amidine groups is 1. The van der Waals surface area contributed by atoms with Crippen molar-refractivity contribution in [3.05, 3.63) is 34.9 Å². The Morgan fingerprint density at radius 3 is 2.70 bits per heavy atom. The molecule has 2 amide bonds. The molecular weight excluding hydrogens is 278 g/mol. The molecule has 1 aliphatic rings. The van der Waals surface area contributed by atoms with Crippen molar-refractivity contribution in [3.63, 3.8) is 0 Å². The highest BCUT2D eigenvalue weighted by Gasteiger charge is 2.35. The normalized spacial score (nSPS) is 20.4. The molecule has 0 aromatic heterocycles. The Morgan fingerprint density at radius 2 is 2.10 bits per heavy atom. The van der Waals surface area contributed by atoms with E-state index in [0.717, 1.165) is 6.42 Å². The number of carbonyl (C=O) groups excluding carboxylic acids is 2. The Hall–Kier alpha value is -1.72. The van der Waals surface area contributed by atoms with Crippen molar-refractivity contribution in [2.75, 3.05) is 0 Å². The number of amides is 2. The topological polar surface area (TPSA) is 84.5 Å². The van der Waals surface area contributed by atoms with Gasteiger partial charge in [-0.15, -0.1) is 0 Å². The minimum Gasteiger partial charge on any atom is -0.321 e. The third-order valence-corrected chi connectivity index (χ3v) is 3.50. The second-order valence-electron chi connectivity index (χ2n) is 4.67. The number of hydrogen-bond donors (Lipinski definition) is 2. The summed E-state index contributed by atoms with van der Waals surface area (Å²) >= 11 is 6.03. The summed E-state index contributed by atoms with van der Waals surface area (Å²) in [6.45, 7) is 1.97. The van der Waals surface area contributed by atoms with Crippen molar-refractivity contribution in [2.45, 2.75) is 31.7 Å². The van der Waals surface area contributed by atoms with E-state index in [9.17, 15) is 9.59 Å². The summed E-state index contributed by atoms with van der Waals surface area (Å²) in [6, 6.07) is 6.32. The number of nitrogens with one attached hydrogen (secondary N) is 1. The van der Waals surface area contributed by atoms with E-state index in [1.54, 1.807) is 24.3 Å². The molecule has 106 valence electrons. The summed E-state index contributed by atoms with van der Waals surface area (Å²) in [5, 5.41) is 2.99. The molecule has 3 N–H and O–H groups in total. The van der Waals surface area contributed by atoms with Crippen molar-refractivity contribution >= 4 is 29.3 Å². The highest BCUT2D eigenvalue weighted by molar-refractivity contribution is 6.32. The smallest absolute Gasteiger partial charge is 0.264 e. The van der Waals surface area contributed by atoms with Crippen LogP contribution >= 0.6 is 11.6 Å². The van der Waals surface area contributed by atoms with Crippen LogP contribution in [0.5, 0.6) is 0 Å². The van der Waals surface area contributed by atoms with Gasteiger partial charge < -0.3 is 11.1 Å². The predicted molar refractivity (Wildman–Crippen MR) is 77.7 cm³/mol. The summed E-state index contributed by atoms with van der Waals surface area (Å²) in [5.74, 6) is -1.71. The molecule has 6 heteroatoms. The lowest BCUT2D eigenvalue weighted by Crippen LogP contribution is -2.50. The fourth-order valence-electron chi connectivity index (χ4n) is 2.13. The predicted octanol–water partition coefficient (Wildman–Crippen LogP) is 1.61. The zero-order valence-corrected chi connectivity index (χ0v) is 11.9. The molecule has 0 saturated carbocycles. The van der Waals surface area contributed by atoms with Gasteiger partial charge in [-0.2, -0.15) is 4.99 Å². The minimum absolute atomic E-state index is 0.241. The van der Waals surface area contributed by atoms with Gasteiger partial charge in [0, 0.05) is 5.02 Å². The van der Waals surface area contributed by atoms with Crippen molar-refractivity contribution in [2.24, 2.45) is 10.7 Å². The fraction of sp³-hybridized carbons (Fsp3) is 0.357. The maximum Gasteiger partial charge on any atom is 0.264 e. The average Bonchev–Trinajstić information content (AvgIpc) is 2.40. The van der Waals surface area contributed by atoms with Gasteiger partial charge in [0.2, 0.25) is 5.91 Å². The van der Waals surface area contributed by atoms with Crippen LogP contribution in [0, 0.1) is 0 Å². The highest BCUT2D eigenvalue weighted by atomic mass is 35.5. The fourth-order valence-corrected chi connectivity index (χ4v) is 2.37. The van der Waals surface area contributed by atoms with Gasteiger partial charge in [-0.05, 0) is 18.1 Å². The number of halogens is 1. The Bertz CT molecular complexity index is 571. The molecule has 5 nitrogen and oxygen atoms in total. The van der Waals surface area contributed by atoms with E-state index in [4.69, 9.17) is 17.3 Å². The lowest BCUT2D eigenvalue weighted by atomic mass is 9.95. The molecule has 0 spiro atoms. The van der Waals surface area contributed by atoms with E-state index in [1.165, 1.54) is 0 Å². The van der Waals surface area contributed by atoms with Crippen molar-refractivity contribution in [1.29, 1.82) is 0 Å². The van der Waals surface area contributed by atoms with Crippen LogP contribution in [0.3, 0.4) is 0 Å². The first kappa shape index (κ1) is 14.7. The molecule has 1 aromatic rings. The molecule has 1 aromatic carbocycles. The Labute approximate surface area is 122 Å². The largest absolute Gasteiger partial charge is 0.321 e. The van der Waals surface area contributed by atoms with Crippen LogP contribution in [-0.4, -0.2) is 23.7 Å². The summed E-state index contributed by atoms with van der Waals surface area (Å²) in [7, 11) is 0. The van der Waals surface area contributed by atoms with Gasteiger partial charge in [0.1, 0.15) is 11.8 Å². The van der Waals surface area contributed by atoms with E-state index >= 15 is 0 Å². The first-order valence-corrected chi connectivity index (χ1v) is 6.85. The minimum atomic E-state index is -0.999. The quantitative estimate of drug-likeness (QED) is 0.827. The molecule has 2 rings (SSSR count). The van der Waals surface area contributed by atoms with Crippen LogP contribution < -0.4 is 11.1 Å². The molecule has 0 radical (unpaired) electrons. The molecule has 2 unspecified atom stereocenters. The second kappa shape index (κ2) is 6.15. The lowest BCUT2D eigenvalue weighted by Gasteiger charge is -2.23. The second-order valence-corrected chi connectivity index (χ2v) is 5.08. The van der Waals surface area contributed by atoms with Gasteiger partial charge in [-0.1, -0.05) is 43.1 Å². The maximum absolute atomic E-state index is 12.1. The van der Waals surface area contributed by atoms with E-state index < -0.39 is 23.8 Å². The van der Waals surface area contributed by atoms with Crippen LogP contribution in [0.2, 0.25) is 5.02 Å². The molecular formula is C14H16ClN3O2. The van der Waals surface area contributed by atoms with Crippen LogP contribution in [0.15, 0.2) is 29.3 Å². The zero-order chi connectivity index (χ0) is 14.7. The molecule has 0 aliphatic carbocycles. The van der Waals surface area contributed by atoms with Gasteiger partial charge in [-0.3, -0.25) is 9.59 Å². The van der Waals surface area contributed by atoms with Crippen LogP contribution in [-0.2, 0) is 9.59 Å². The Balaban J connectivity index is 2.30. The zero-order valence-electron chi connectivity index (χ0n) is 11.1. The summed E-state index contributed by atoms with van der Waals surface area (Å²) < 4.78 is 0. The van der Waals surface area contributed by atoms with E-state index in [-0.39, 0.29) is 5.84 Å². The molecule has 0 saturated heterocycles. The Kier molecular flexibility index (Phi) is 4.52. The average molecular weight is 294 g/mol. The van der Waals surface area contributed by atoms with Gasteiger partial charge in [0.25, 0.3) is 5.91 Å². The molecule has 1 aliphatic heterocycles. The van der Waals surface area contributed by atoms with Crippen LogP contribution in [0.25, 0.3) is 0 Å².